The number of alkyl halides is 3. The minimum absolute atomic E-state index is 0.0365. The number of amides is 2. The Hall–Kier alpha value is -4.12. The topological polar surface area (TPSA) is 119 Å². The van der Waals surface area contributed by atoms with Gasteiger partial charge in [-0.25, -0.2) is 9.78 Å². The maximum atomic E-state index is 13.0. The van der Waals surface area contributed by atoms with Crippen LogP contribution in [0.2, 0.25) is 5.02 Å². The Balaban J connectivity index is 1.40. The van der Waals surface area contributed by atoms with Crippen LogP contribution in [0.1, 0.15) is 11.1 Å². The van der Waals surface area contributed by atoms with Gasteiger partial charge >= 0.3 is 12.2 Å². The summed E-state index contributed by atoms with van der Waals surface area (Å²) in [7, 11) is 0. The van der Waals surface area contributed by atoms with Gasteiger partial charge in [0.15, 0.2) is 5.82 Å². The predicted molar refractivity (Wildman–Crippen MR) is 142 cm³/mol. The van der Waals surface area contributed by atoms with Crippen molar-refractivity contribution in [2.45, 2.75) is 6.18 Å². The normalized spacial score (nSPS) is 13.7. The number of carbonyl (C=O) groups excluding carboxylic acids is 1. The Kier molecular flexibility index (Phi) is 7.42. The van der Waals surface area contributed by atoms with Crippen molar-refractivity contribution < 1.29 is 22.7 Å². The summed E-state index contributed by atoms with van der Waals surface area (Å²) >= 11 is 7.39. The molecule has 0 atom stereocenters. The number of H-pyrrole nitrogens is 1. The van der Waals surface area contributed by atoms with Crippen molar-refractivity contribution in [3.05, 3.63) is 64.9 Å². The summed E-state index contributed by atoms with van der Waals surface area (Å²) in [5, 5.41) is 22.7. The summed E-state index contributed by atoms with van der Waals surface area (Å²) < 4.78 is 44.5. The lowest BCUT2D eigenvalue weighted by Crippen LogP contribution is -2.36. The van der Waals surface area contributed by atoms with Gasteiger partial charge in [0.05, 0.1) is 39.9 Å². The first-order valence-corrected chi connectivity index (χ1v) is 12.7. The molecule has 3 N–H and O–H groups in total. The van der Waals surface area contributed by atoms with Crippen LogP contribution in [0.4, 0.5) is 34.3 Å². The van der Waals surface area contributed by atoms with Gasteiger partial charge in [-0.2, -0.15) is 23.5 Å². The van der Waals surface area contributed by atoms with Crippen molar-refractivity contribution in [1.82, 2.24) is 15.2 Å². The van der Waals surface area contributed by atoms with E-state index in [4.69, 9.17) is 16.3 Å². The molecule has 0 radical (unpaired) electrons. The summed E-state index contributed by atoms with van der Waals surface area (Å²) in [6, 6.07) is 10.9. The summed E-state index contributed by atoms with van der Waals surface area (Å²) in [6.07, 6.45) is -3.12. The monoisotopic (exact) mass is 573 g/mol. The summed E-state index contributed by atoms with van der Waals surface area (Å²) in [4.78, 5) is 19.6. The molecule has 0 aliphatic carbocycles. The third-order valence-electron chi connectivity index (χ3n) is 5.89. The largest absolute Gasteiger partial charge is 0.416 e. The highest BCUT2D eigenvalue weighted by Gasteiger charge is 2.31. The second kappa shape index (κ2) is 10.9. The van der Waals surface area contributed by atoms with Gasteiger partial charge in [-0.3, -0.25) is 5.10 Å². The molecule has 1 aliphatic heterocycles. The second-order valence-electron chi connectivity index (χ2n) is 8.37. The number of nitrogens with one attached hydrogen (secondary N) is 3. The Morgan fingerprint density at radius 3 is 2.54 bits per heavy atom. The molecule has 1 aliphatic rings. The Labute approximate surface area is 229 Å². The Bertz CT molecular complexity index is 1530. The van der Waals surface area contributed by atoms with E-state index in [-0.39, 0.29) is 10.7 Å². The molecule has 200 valence electrons. The van der Waals surface area contributed by atoms with E-state index in [1.54, 1.807) is 24.3 Å². The molecule has 5 rings (SSSR count). The van der Waals surface area contributed by atoms with E-state index >= 15 is 0 Å². The fourth-order valence-electron chi connectivity index (χ4n) is 4.07. The van der Waals surface area contributed by atoms with Gasteiger partial charge in [-0.15, -0.1) is 11.3 Å². The van der Waals surface area contributed by atoms with Crippen molar-refractivity contribution >= 4 is 45.3 Å². The number of nitrogens with zero attached hydrogens (tertiary/aromatic N) is 4. The first kappa shape index (κ1) is 26.5. The van der Waals surface area contributed by atoms with Gasteiger partial charge in [0, 0.05) is 24.3 Å². The van der Waals surface area contributed by atoms with Crippen LogP contribution in [0.3, 0.4) is 0 Å². The number of anilines is 3. The lowest BCUT2D eigenvalue weighted by Gasteiger charge is -2.27. The molecule has 4 aromatic rings. The molecule has 1 saturated heterocycles. The SMILES string of the molecule is N#Cc1c(N2CCOCC2)sc(-c2nc[nH]n2)c1-c1ccc(NC(=O)Nc2cc(C(F)(F)F)ccc2Cl)cc1. The molecule has 0 unspecified atom stereocenters. The van der Waals surface area contributed by atoms with E-state index in [2.05, 4.69) is 36.8 Å². The molecular weight excluding hydrogens is 555 g/mol. The number of ether oxygens (including phenoxy) is 1. The number of hydrogen-bond acceptors (Lipinski definition) is 7. The summed E-state index contributed by atoms with van der Waals surface area (Å²) in [6.45, 7) is 2.41. The van der Waals surface area contributed by atoms with Crippen molar-refractivity contribution in [2.24, 2.45) is 0 Å². The lowest BCUT2D eigenvalue weighted by molar-refractivity contribution is -0.137. The maximum absolute atomic E-state index is 13.0. The van der Waals surface area contributed by atoms with Gasteiger partial charge in [0.2, 0.25) is 0 Å². The Morgan fingerprint density at radius 1 is 1.15 bits per heavy atom. The number of thiophene rings is 1. The van der Waals surface area contributed by atoms with Crippen molar-refractivity contribution in [2.75, 3.05) is 41.8 Å². The molecular formula is C25H19ClF3N7O2S. The molecule has 39 heavy (non-hydrogen) atoms. The molecule has 14 heteroatoms. The lowest BCUT2D eigenvalue weighted by atomic mass is 10.0. The van der Waals surface area contributed by atoms with E-state index in [0.717, 1.165) is 23.2 Å². The minimum atomic E-state index is -4.58. The van der Waals surface area contributed by atoms with Crippen LogP contribution in [0, 0.1) is 11.3 Å². The molecule has 0 spiro atoms. The summed E-state index contributed by atoms with van der Waals surface area (Å²) in [5.74, 6) is 0.450. The van der Waals surface area contributed by atoms with Crippen LogP contribution in [-0.4, -0.2) is 47.5 Å². The van der Waals surface area contributed by atoms with Gasteiger partial charge in [-0.1, -0.05) is 23.7 Å². The number of urea groups is 1. The van der Waals surface area contributed by atoms with Gasteiger partial charge in [-0.05, 0) is 35.9 Å². The second-order valence-corrected chi connectivity index (χ2v) is 9.78. The van der Waals surface area contributed by atoms with Crippen LogP contribution in [0.5, 0.6) is 0 Å². The van der Waals surface area contributed by atoms with Gasteiger partial charge < -0.3 is 20.3 Å². The third kappa shape index (κ3) is 5.68. The third-order valence-corrected chi connectivity index (χ3v) is 7.47. The zero-order valence-corrected chi connectivity index (χ0v) is 21.5. The zero-order valence-electron chi connectivity index (χ0n) is 20.0. The van der Waals surface area contributed by atoms with Gasteiger partial charge in [0.25, 0.3) is 0 Å². The number of carbonyl (C=O) groups is 1. The molecule has 2 aromatic heterocycles. The summed E-state index contributed by atoms with van der Waals surface area (Å²) in [5.41, 5.74) is 1.11. The first-order valence-electron chi connectivity index (χ1n) is 11.6. The molecule has 3 heterocycles. The van der Waals surface area contributed by atoms with Crippen LogP contribution in [0.15, 0.2) is 48.8 Å². The number of morpholine rings is 1. The predicted octanol–water partition coefficient (Wildman–Crippen LogP) is 6.22. The average molecular weight is 574 g/mol. The van der Waals surface area contributed by atoms with E-state index in [1.165, 1.54) is 17.7 Å². The fourth-order valence-corrected chi connectivity index (χ4v) is 5.50. The van der Waals surface area contributed by atoms with Crippen LogP contribution < -0.4 is 15.5 Å². The number of rotatable bonds is 5. The highest BCUT2D eigenvalue weighted by molar-refractivity contribution is 7.20. The molecule has 9 nitrogen and oxygen atoms in total. The zero-order chi connectivity index (χ0) is 27.6. The highest BCUT2D eigenvalue weighted by Crippen LogP contribution is 2.46. The molecule has 2 amide bonds. The number of hydrogen-bond donors (Lipinski definition) is 3. The number of aromatic nitrogens is 3. The molecule has 2 aromatic carbocycles. The average Bonchev–Trinajstić information content (AvgIpc) is 3.58. The van der Waals surface area contributed by atoms with Crippen LogP contribution in [0.25, 0.3) is 21.8 Å². The van der Waals surface area contributed by atoms with Gasteiger partial charge in [0.1, 0.15) is 17.4 Å². The standard InChI is InChI=1S/C25H19ClF3N7O2S/c26-18-6-3-15(25(27,28)29)11-19(18)34-24(37)33-16-4-1-14(2-5-16)20-17(12-30)23(36-7-9-38-10-8-36)39-21(20)22-31-13-32-35-22/h1-6,11,13H,7-10H2,(H,31,32,35)(H2,33,34,37). The van der Waals surface area contributed by atoms with Crippen molar-refractivity contribution in [3.8, 4) is 27.9 Å². The number of halogens is 4. The van der Waals surface area contributed by atoms with Crippen molar-refractivity contribution in [3.63, 3.8) is 0 Å². The Morgan fingerprint density at radius 2 is 1.90 bits per heavy atom. The maximum Gasteiger partial charge on any atom is 0.416 e. The number of aromatic amines is 1. The highest BCUT2D eigenvalue weighted by atomic mass is 35.5. The number of nitriles is 1. The van der Waals surface area contributed by atoms with Crippen LogP contribution in [-0.2, 0) is 10.9 Å². The quantitative estimate of drug-likeness (QED) is 0.261. The number of benzene rings is 2. The van der Waals surface area contributed by atoms with E-state index in [1.807, 2.05) is 0 Å². The van der Waals surface area contributed by atoms with Crippen LogP contribution >= 0.6 is 22.9 Å². The molecule has 0 bridgehead atoms. The smallest absolute Gasteiger partial charge is 0.378 e. The molecule has 0 saturated carbocycles. The van der Waals surface area contributed by atoms with E-state index < -0.39 is 17.8 Å². The minimum Gasteiger partial charge on any atom is -0.378 e. The fraction of sp³-hybridized carbons (Fsp3) is 0.200. The van der Waals surface area contributed by atoms with E-state index in [9.17, 15) is 23.2 Å². The van der Waals surface area contributed by atoms with Crippen molar-refractivity contribution in [1.29, 1.82) is 5.26 Å². The molecule has 1 fully saturated rings. The first-order chi connectivity index (χ1) is 18.7. The van der Waals surface area contributed by atoms with E-state index in [0.29, 0.717) is 59.4 Å².